The molecule has 3 nitrogen and oxygen atoms in total. The molecule has 0 aliphatic carbocycles. The van der Waals surface area contributed by atoms with E-state index in [9.17, 15) is 4.79 Å². The Morgan fingerprint density at radius 2 is 1.81 bits per heavy atom. The number of ether oxygens (including phenoxy) is 1. The zero-order valence-electron chi connectivity index (χ0n) is 11.9. The van der Waals surface area contributed by atoms with Gasteiger partial charge in [-0.1, -0.05) is 54.1 Å². The highest BCUT2D eigenvalue weighted by atomic mass is 35.5. The average Bonchev–Trinajstić information content (AvgIpc) is 2.51. The monoisotopic (exact) mass is 303 g/mol. The van der Waals surface area contributed by atoms with Crippen LogP contribution in [0.3, 0.4) is 0 Å². The van der Waals surface area contributed by atoms with Crippen LogP contribution in [0.4, 0.5) is 0 Å². The molecule has 21 heavy (non-hydrogen) atoms. The Morgan fingerprint density at radius 3 is 2.43 bits per heavy atom. The molecule has 0 aromatic heterocycles. The molecule has 4 heteroatoms. The van der Waals surface area contributed by atoms with Crippen molar-refractivity contribution in [3.63, 3.8) is 0 Å². The van der Waals surface area contributed by atoms with Gasteiger partial charge in [0.1, 0.15) is 6.04 Å². The highest BCUT2D eigenvalue weighted by Crippen LogP contribution is 2.16. The number of nitrogens with one attached hydrogen (secondary N) is 1. The normalized spacial score (nSPS) is 11.9. The van der Waals surface area contributed by atoms with Crippen molar-refractivity contribution in [2.75, 3.05) is 6.61 Å². The van der Waals surface area contributed by atoms with Gasteiger partial charge in [-0.2, -0.15) is 0 Å². The van der Waals surface area contributed by atoms with E-state index in [1.54, 1.807) is 6.92 Å². The molecule has 1 atom stereocenters. The molecule has 0 aliphatic rings. The second-order valence-electron chi connectivity index (χ2n) is 4.60. The van der Waals surface area contributed by atoms with Crippen LogP contribution in [0.25, 0.3) is 0 Å². The summed E-state index contributed by atoms with van der Waals surface area (Å²) in [5.41, 5.74) is 1.95. The molecule has 0 heterocycles. The minimum atomic E-state index is -0.471. The molecule has 0 aliphatic heterocycles. The van der Waals surface area contributed by atoms with Crippen molar-refractivity contribution in [2.24, 2.45) is 0 Å². The first-order chi connectivity index (χ1) is 10.2. The average molecular weight is 304 g/mol. The van der Waals surface area contributed by atoms with Crippen molar-refractivity contribution in [3.8, 4) is 0 Å². The lowest BCUT2D eigenvalue weighted by atomic mass is 10.1. The Balaban J connectivity index is 2.09. The smallest absolute Gasteiger partial charge is 0.327 e. The Hall–Kier alpha value is -1.84. The lowest BCUT2D eigenvalue weighted by molar-refractivity contribution is -0.145. The van der Waals surface area contributed by atoms with E-state index in [0.717, 1.165) is 11.1 Å². The molecular weight excluding hydrogens is 286 g/mol. The predicted molar refractivity (Wildman–Crippen MR) is 84.1 cm³/mol. The predicted octanol–water partition coefficient (Wildman–Crippen LogP) is 3.73. The van der Waals surface area contributed by atoms with E-state index in [2.05, 4.69) is 5.32 Å². The van der Waals surface area contributed by atoms with Crippen LogP contribution in [0.1, 0.15) is 24.1 Å². The molecule has 2 aromatic rings. The van der Waals surface area contributed by atoms with Gasteiger partial charge in [0.25, 0.3) is 0 Å². The van der Waals surface area contributed by atoms with E-state index < -0.39 is 6.04 Å². The zero-order valence-corrected chi connectivity index (χ0v) is 12.6. The summed E-state index contributed by atoms with van der Waals surface area (Å²) < 4.78 is 5.14. The summed E-state index contributed by atoms with van der Waals surface area (Å²) in [5, 5.41) is 3.94. The SMILES string of the molecule is CCOC(=O)C(NCc1ccc(Cl)cc1)c1ccccc1. The molecule has 1 unspecified atom stereocenters. The van der Waals surface area contributed by atoms with Crippen LogP contribution in [-0.2, 0) is 16.1 Å². The van der Waals surface area contributed by atoms with Crippen molar-refractivity contribution >= 4 is 17.6 Å². The summed E-state index contributed by atoms with van der Waals surface area (Å²) in [6, 6.07) is 16.6. The number of benzene rings is 2. The quantitative estimate of drug-likeness (QED) is 0.826. The van der Waals surface area contributed by atoms with Gasteiger partial charge in [0.2, 0.25) is 0 Å². The largest absolute Gasteiger partial charge is 0.465 e. The second kappa shape index (κ2) is 7.81. The number of carbonyl (C=O) groups excluding carboxylic acids is 1. The van der Waals surface area contributed by atoms with Crippen LogP contribution >= 0.6 is 11.6 Å². The lowest BCUT2D eigenvalue weighted by Gasteiger charge is -2.17. The molecule has 0 bridgehead atoms. The first-order valence-electron chi connectivity index (χ1n) is 6.90. The summed E-state index contributed by atoms with van der Waals surface area (Å²) in [6.07, 6.45) is 0. The van der Waals surface area contributed by atoms with Gasteiger partial charge in [-0.05, 0) is 30.2 Å². The highest BCUT2D eigenvalue weighted by Gasteiger charge is 2.20. The van der Waals surface area contributed by atoms with Crippen LogP contribution in [-0.4, -0.2) is 12.6 Å². The summed E-state index contributed by atoms with van der Waals surface area (Å²) in [4.78, 5) is 12.1. The first-order valence-corrected chi connectivity index (χ1v) is 7.28. The van der Waals surface area contributed by atoms with Gasteiger partial charge in [-0.25, -0.2) is 4.79 Å². The van der Waals surface area contributed by atoms with Gasteiger partial charge in [0, 0.05) is 11.6 Å². The number of halogens is 1. The fourth-order valence-electron chi connectivity index (χ4n) is 2.03. The third-order valence-corrected chi connectivity index (χ3v) is 3.33. The number of carbonyl (C=O) groups is 1. The van der Waals surface area contributed by atoms with E-state index in [0.29, 0.717) is 18.2 Å². The zero-order chi connectivity index (χ0) is 15.1. The molecular formula is C17H18ClNO2. The van der Waals surface area contributed by atoms with Crippen molar-refractivity contribution in [3.05, 3.63) is 70.7 Å². The van der Waals surface area contributed by atoms with E-state index >= 15 is 0 Å². The number of hydrogen-bond donors (Lipinski definition) is 1. The van der Waals surface area contributed by atoms with Gasteiger partial charge >= 0.3 is 5.97 Å². The summed E-state index contributed by atoms with van der Waals surface area (Å²) in [5.74, 6) is -0.266. The summed E-state index contributed by atoms with van der Waals surface area (Å²) >= 11 is 5.87. The Labute approximate surface area is 129 Å². The van der Waals surface area contributed by atoms with Crippen LogP contribution in [0, 0.1) is 0 Å². The van der Waals surface area contributed by atoms with E-state index in [-0.39, 0.29) is 5.97 Å². The molecule has 2 aromatic carbocycles. The van der Waals surface area contributed by atoms with Gasteiger partial charge in [0.15, 0.2) is 0 Å². The van der Waals surface area contributed by atoms with Crippen LogP contribution in [0.15, 0.2) is 54.6 Å². The Morgan fingerprint density at radius 1 is 1.14 bits per heavy atom. The Bertz CT molecular complexity index is 569. The maximum absolute atomic E-state index is 12.1. The molecule has 0 fully saturated rings. The molecule has 0 saturated heterocycles. The van der Waals surface area contributed by atoms with Gasteiger partial charge in [-0.15, -0.1) is 0 Å². The van der Waals surface area contributed by atoms with E-state index in [4.69, 9.17) is 16.3 Å². The third kappa shape index (κ3) is 4.59. The third-order valence-electron chi connectivity index (χ3n) is 3.08. The van der Waals surface area contributed by atoms with E-state index in [1.807, 2.05) is 54.6 Å². The van der Waals surface area contributed by atoms with Crippen molar-refractivity contribution in [1.82, 2.24) is 5.32 Å². The van der Waals surface area contributed by atoms with E-state index in [1.165, 1.54) is 0 Å². The van der Waals surface area contributed by atoms with Gasteiger partial charge < -0.3 is 4.74 Å². The van der Waals surface area contributed by atoms with Crippen LogP contribution in [0.2, 0.25) is 5.02 Å². The molecule has 2 rings (SSSR count). The lowest BCUT2D eigenvalue weighted by Crippen LogP contribution is -2.29. The number of esters is 1. The van der Waals surface area contributed by atoms with Crippen molar-refractivity contribution < 1.29 is 9.53 Å². The fraction of sp³-hybridized carbons (Fsp3) is 0.235. The van der Waals surface area contributed by atoms with Crippen LogP contribution < -0.4 is 5.32 Å². The maximum atomic E-state index is 12.1. The molecule has 0 amide bonds. The maximum Gasteiger partial charge on any atom is 0.327 e. The summed E-state index contributed by atoms with van der Waals surface area (Å²) in [6.45, 7) is 2.74. The molecule has 0 radical (unpaired) electrons. The topological polar surface area (TPSA) is 38.3 Å². The minimum Gasteiger partial charge on any atom is -0.465 e. The van der Waals surface area contributed by atoms with Gasteiger partial charge in [-0.3, -0.25) is 5.32 Å². The number of hydrogen-bond acceptors (Lipinski definition) is 3. The summed E-state index contributed by atoms with van der Waals surface area (Å²) in [7, 11) is 0. The molecule has 110 valence electrons. The van der Waals surface area contributed by atoms with Gasteiger partial charge in [0.05, 0.1) is 6.61 Å². The number of rotatable bonds is 6. The Kier molecular flexibility index (Phi) is 5.78. The first kappa shape index (κ1) is 15.5. The molecule has 1 N–H and O–H groups in total. The van der Waals surface area contributed by atoms with Crippen molar-refractivity contribution in [2.45, 2.75) is 19.5 Å². The second-order valence-corrected chi connectivity index (χ2v) is 5.04. The minimum absolute atomic E-state index is 0.266. The molecule has 0 saturated carbocycles. The highest BCUT2D eigenvalue weighted by molar-refractivity contribution is 6.30. The molecule has 0 spiro atoms. The standard InChI is InChI=1S/C17H18ClNO2/c1-2-21-17(20)16(14-6-4-3-5-7-14)19-12-13-8-10-15(18)11-9-13/h3-11,16,19H,2,12H2,1H3. The van der Waals surface area contributed by atoms with Crippen molar-refractivity contribution in [1.29, 1.82) is 0 Å². The fourth-order valence-corrected chi connectivity index (χ4v) is 2.16. The van der Waals surface area contributed by atoms with Crippen LogP contribution in [0.5, 0.6) is 0 Å².